The van der Waals surface area contributed by atoms with Gasteiger partial charge in [-0.2, -0.15) is 0 Å². The van der Waals surface area contributed by atoms with E-state index in [0.717, 1.165) is 6.42 Å². The Labute approximate surface area is 67.2 Å². The number of hydrogen-bond acceptors (Lipinski definition) is 1. The lowest BCUT2D eigenvalue weighted by Gasteiger charge is -2.05. The second-order valence-electron chi connectivity index (χ2n) is 3.29. The number of rotatable bonds is 0. The van der Waals surface area contributed by atoms with Gasteiger partial charge in [0.1, 0.15) is 0 Å². The highest BCUT2D eigenvalue weighted by molar-refractivity contribution is 5.39. The van der Waals surface area contributed by atoms with Gasteiger partial charge in [-0.3, -0.25) is 0 Å². The number of benzene rings is 1. The summed E-state index contributed by atoms with van der Waals surface area (Å²) < 4.78 is 0. The van der Waals surface area contributed by atoms with E-state index in [1.807, 2.05) is 0 Å². The number of aryl methyl sites for hydroxylation is 1. The van der Waals surface area contributed by atoms with Crippen molar-refractivity contribution in [2.75, 3.05) is 0 Å². The molecule has 0 aromatic heterocycles. The topological polar surface area (TPSA) is 26.0 Å². The molecule has 0 radical (unpaired) electrons. The Balaban J connectivity index is 2.57. The molecular weight excluding hydrogens is 134 g/mol. The van der Waals surface area contributed by atoms with Crippen LogP contribution in [0.4, 0.5) is 0 Å². The molecule has 0 bridgehead atoms. The first kappa shape index (κ1) is 6.86. The van der Waals surface area contributed by atoms with Crippen LogP contribution in [0.1, 0.15) is 29.2 Å². The Kier molecular flexibility index (Phi) is 1.46. The summed E-state index contributed by atoms with van der Waals surface area (Å²) in [5.74, 6) is 0. The molecular formula is C10H13N. The van der Waals surface area contributed by atoms with E-state index in [0.29, 0.717) is 6.04 Å². The Bertz CT molecular complexity index is 278. The molecule has 0 fully saturated rings. The third-order valence-electron chi connectivity index (χ3n) is 2.55. The van der Waals surface area contributed by atoms with Gasteiger partial charge in [0.05, 0.1) is 0 Å². The van der Waals surface area contributed by atoms with Crippen molar-refractivity contribution in [3.05, 3.63) is 34.9 Å². The smallest absolute Gasteiger partial charge is 0.0300 e. The molecule has 1 heteroatoms. The first-order valence-corrected chi connectivity index (χ1v) is 4.13. The van der Waals surface area contributed by atoms with Crippen LogP contribution in [0, 0.1) is 6.92 Å². The molecule has 1 aliphatic carbocycles. The molecule has 0 saturated carbocycles. The zero-order valence-electron chi connectivity index (χ0n) is 6.80. The van der Waals surface area contributed by atoms with E-state index in [1.54, 1.807) is 0 Å². The molecule has 0 unspecified atom stereocenters. The van der Waals surface area contributed by atoms with Crippen LogP contribution >= 0.6 is 0 Å². The molecule has 0 heterocycles. The molecule has 2 rings (SSSR count). The van der Waals surface area contributed by atoms with E-state index >= 15 is 0 Å². The van der Waals surface area contributed by atoms with Crippen LogP contribution in [0.3, 0.4) is 0 Å². The van der Waals surface area contributed by atoms with Crippen LogP contribution in [-0.2, 0) is 6.42 Å². The lowest BCUT2D eigenvalue weighted by atomic mass is 10.0. The monoisotopic (exact) mass is 147 g/mol. The lowest BCUT2D eigenvalue weighted by molar-refractivity contribution is 0.713. The summed E-state index contributed by atoms with van der Waals surface area (Å²) in [6, 6.07) is 6.71. The zero-order chi connectivity index (χ0) is 7.84. The maximum Gasteiger partial charge on any atom is 0.0300 e. The fourth-order valence-electron chi connectivity index (χ4n) is 1.87. The van der Waals surface area contributed by atoms with Crippen molar-refractivity contribution in [2.45, 2.75) is 25.8 Å². The molecule has 1 aromatic carbocycles. The van der Waals surface area contributed by atoms with Gasteiger partial charge in [0, 0.05) is 6.04 Å². The quantitative estimate of drug-likeness (QED) is 0.596. The van der Waals surface area contributed by atoms with Crippen molar-refractivity contribution in [3.63, 3.8) is 0 Å². The normalized spacial score (nSPS) is 21.8. The van der Waals surface area contributed by atoms with Crippen molar-refractivity contribution in [1.82, 2.24) is 0 Å². The predicted octanol–water partition coefficient (Wildman–Crippen LogP) is 1.94. The van der Waals surface area contributed by atoms with Gasteiger partial charge in [0.15, 0.2) is 0 Å². The van der Waals surface area contributed by atoms with Gasteiger partial charge in [-0.05, 0) is 36.5 Å². The Morgan fingerprint density at radius 1 is 1.45 bits per heavy atom. The van der Waals surface area contributed by atoms with E-state index in [4.69, 9.17) is 5.73 Å². The Morgan fingerprint density at radius 2 is 2.27 bits per heavy atom. The fraction of sp³-hybridized carbons (Fsp3) is 0.400. The highest BCUT2D eigenvalue weighted by Gasteiger charge is 2.19. The summed E-state index contributed by atoms with van der Waals surface area (Å²) in [6.07, 6.45) is 2.30. The predicted molar refractivity (Wildman–Crippen MR) is 46.4 cm³/mol. The summed E-state index contributed by atoms with van der Waals surface area (Å²) in [5, 5.41) is 0. The van der Waals surface area contributed by atoms with Crippen molar-refractivity contribution >= 4 is 0 Å². The number of nitrogens with two attached hydrogens (primary N) is 1. The summed E-state index contributed by atoms with van der Waals surface area (Å²) in [5.41, 5.74) is 10.2. The first-order valence-electron chi connectivity index (χ1n) is 4.13. The molecule has 2 N–H and O–H groups in total. The molecule has 0 saturated heterocycles. The van der Waals surface area contributed by atoms with Gasteiger partial charge < -0.3 is 5.73 Å². The molecule has 1 aliphatic rings. The van der Waals surface area contributed by atoms with E-state index in [-0.39, 0.29) is 0 Å². The van der Waals surface area contributed by atoms with Crippen molar-refractivity contribution in [2.24, 2.45) is 5.73 Å². The van der Waals surface area contributed by atoms with Crippen molar-refractivity contribution in [1.29, 1.82) is 0 Å². The number of fused-ring (bicyclic) bond motifs is 1. The largest absolute Gasteiger partial charge is 0.324 e. The number of hydrogen-bond donors (Lipinski definition) is 1. The summed E-state index contributed by atoms with van der Waals surface area (Å²) >= 11 is 0. The molecule has 58 valence electrons. The standard InChI is InChI=1S/C10H13N/c1-7-3-2-4-9-8(7)5-6-10(9)11/h2-4,10H,5-6,11H2,1H3/t10-/m0/s1. The van der Waals surface area contributed by atoms with Crippen LogP contribution in [-0.4, -0.2) is 0 Å². The highest BCUT2D eigenvalue weighted by Crippen LogP contribution is 2.30. The maximum absolute atomic E-state index is 5.92. The third kappa shape index (κ3) is 0.962. The average molecular weight is 147 g/mol. The van der Waals surface area contributed by atoms with Gasteiger partial charge in [-0.25, -0.2) is 0 Å². The molecule has 1 nitrogen and oxygen atoms in total. The SMILES string of the molecule is Cc1cccc2c1CC[C@@H]2N. The van der Waals surface area contributed by atoms with E-state index < -0.39 is 0 Å². The summed E-state index contributed by atoms with van der Waals surface area (Å²) in [7, 11) is 0. The fourth-order valence-corrected chi connectivity index (χ4v) is 1.87. The van der Waals surface area contributed by atoms with Gasteiger partial charge in [0.25, 0.3) is 0 Å². The van der Waals surface area contributed by atoms with Crippen LogP contribution in [0.15, 0.2) is 18.2 Å². The molecule has 0 aliphatic heterocycles. The van der Waals surface area contributed by atoms with E-state index in [1.165, 1.54) is 23.1 Å². The van der Waals surface area contributed by atoms with Crippen LogP contribution in [0.25, 0.3) is 0 Å². The van der Waals surface area contributed by atoms with Crippen molar-refractivity contribution in [3.8, 4) is 0 Å². The van der Waals surface area contributed by atoms with Crippen LogP contribution in [0.2, 0.25) is 0 Å². The second-order valence-corrected chi connectivity index (χ2v) is 3.29. The van der Waals surface area contributed by atoms with Gasteiger partial charge in [-0.1, -0.05) is 18.2 Å². The Morgan fingerprint density at radius 3 is 3.00 bits per heavy atom. The molecule has 11 heavy (non-hydrogen) atoms. The van der Waals surface area contributed by atoms with Gasteiger partial charge in [0.2, 0.25) is 0 Å². The molecule has 0 spiro atoms. The molecule has 1 atom stereocenters. The van der Waals surface area contributed by atoms with Crippen LogP contribution in [0.5, 0.6) is 0 Å². The zero-order valence-corrected chi connectivity index (χ0v) is 6.80. The minimum absolute atomic E-state index is 0.296. The minimum atomic E-state index is 0.296. The summed E-state index contributed by atoms with van der Waals surface area (Å²) in [6.45, 7) is 2.16. The maximum atomic E-state index is 5.92. The van der Waals surface area contributed by atoms with Crippen molar-refractivity contribution < 1.29 is 0 Å². The second kappa shape index (κ2) is 2.35. The van der Waals surface area contributed by atoms with E-state index in [9.17, 15) is 0 Å². The minimum Gasteiger partial charge on any atom is -0.324 e. The van der Waals surface area contributed by atoms with E-state index in [2.05, 4.69) is 25.1 Å². The third-order valence-corrected chi connectivity index (χ3v) is 2.55. The van der Waals surface area contributed by atoms with Gasteiger partial charge >= 0.3 is 0 Å². The average Bonchev–Trinajstić information content (AvgIpc) is 2.35. The lowest BCUT2D eigenvalue weighted by Crippen LogP contribution is -2.04. The van der Waals surface area contributed by atoms with Crippen LogP contribution < -0.4 is 5.73 Å². The molecule has 0 amide bonds. The highest BCUT2D eigenvalue weighted by atomic mass is 14.6. The summed E-state index contributed by atoms with van der Waals surface area (Å²) in [4.78, 5) is 0. The first-order chi connectivity index (χ1) is 5.29. The Hall–Kier alpha value is -0.820. The molecule has 1 aromatic rings. The van der Waals surface area contributed by atoms with Gasteiger partial charge in [-0.15, -0.1) is 0 Å².